The Morgan fingerprint density at radius 1 is 1.11 bits per heavy atom. The van der Waals surface area contributed by atoms with E-state index >= 15 is 0 Å². The second-order valence-electron chi connectivity index (χ2n) is 7.55. The van der Waals surface area contributed by atoms with Crippen LogP contribution in [0.1, 0.15) is 51.9 Å². The van der Waals surface area contributed by atoms with Gasteiger partial charge in [-0.05, 0) is 50.3 Å². The summed E-state index contributed by atoms with van der Waals surface area (Å²) >= 11 is 0. The van der Waals surface area contributed by atoms with Gasteiger partial charge in [0, 0.05) is 12.2 Å². The Labute approximate surface area is 167 Å². The van der Waals surface area contributed by atoms with Crippen molar-refractivity contribution in [3.8, 4) is 0 Å². The van der Waals surface area contributed by atoms with Gasteiger partial charge in [-0.15, -0.1) is 0 Å². The molecule has 7 nitrogen and oxygen atoms in total. The SMILES string of the molecule is CCCS(=O)(=O)N1CCCC1C(=O)Nc1cccc(S(=O)(=O)C2CCCC2)c1. The van der Waals surface area contributed by atoms with Crippen LogP contribution in [0.2, 0.25) is 0 Å². The number of nitrogens with one attached hydrogen (secondary N) is 1. The fourth-order valence-electron chi connectivity index (χ4n) is 4.08. The molecule has 1 aliphatic carbocycles. The molecule has 0 aromatic heterocycles. The molecule has 1 heterocycles. The van der Waals surface area contributed by atoms with E-state index in [9.17, 15) is 21.6 Å². The van der Waals surface area contributed by atoms with Crippen molar-refractivity contribution in [1.82, 2.24) is 4.31 Å². The van der Waals surface area contributed by atoms with E-state index in [1.807, 2.05) is 0 Å². The van der Waals surface area contributed by atoms with Gasteiger partial charge in [-0.1, -0.05) is 25.8 Å². The summed E-state index contributed by atoms with van der Waals surface area (Å²) in [6.07, 6.45) is 4.78. The number of amides is 1. The largest absolute Gasteiger partial charge is 0.325 e. The maximum atomic E-state index is 12.8. The Balaban J connectivity index is 1.76. The van der Waals surface area contributed by atoms with Crippen molar-refractivity contribution < 1.29 is 21.6 Å². The average Bonchev–Trinajstić information content (AvgIpc) is 3.34. The highest BCUT2D eigenvalue weighted by atomic mass is 32.2. The number of carbonyl (C=O) groups is 1. The van der Waals surface area contributed by atoms with Crippen molar-refractivity contribution >= 4 is 31.5 Å². The molecule has 1 aliphatic heterocycles. The Hall–Kier alpha value is -1.45. The number of nitrogens with zero attached hydrogens (tertiary/aromatic N) is 1. The highest BCUT2D eigenvalue weighted by Gasteiger charge is 2.38. The molecule has 1 atom stereocenters. The van der Waals surface area contributed by atoms with Gasteiger partial charge >= 0.3 is 0 Å². The first-order valence-corrected chi connectivity index (χ1v) is 13.1. The van der Waals surface area contributed by atoms with E-state index in [1.165, 1.54) is 10.4 Å². The normalized spacial score (nSPS) is 21.8. The number of hydrogen-bond donors (Lipinski definition) is 1. The van der Waals surface area contributed by atoms with Gasteiger partial charge in [0.05, 0.1) is 15.9 Å². The Morgan fingerprint density at radius 3 is 2.50 bits per heavy atom. The molecule has 1 amide bonds. The smallest absolute Gasteiger partial charge is 0.242 e. The molecule has 28 heavy (non-hydrogen) atoms. The maximum absolute atomic E-state index is 12.8. The Morgan fingerprint density at radius 2 is 1.82 bits per heavy atom. The standard InChI is InChI=1S/C19H28N2O5S2/c1-2-13-27(23,24)21-12-6-11-18(21)19(22)20-15-7-5-10-17(14-15)28(25,26)16-8-3-4-9-16/h5,7,10,14,16,18H,2-4,6,8-9,11-13H2,1H3,(H,20,22). The van der Waals surface area contributed by atoms with E-state index in [0.29, 0.717) is 44.3 Å². The zero-order valence-electron chi connectivity index (χ0n) is 16.1. The van der Waals surface area contributed by atoms with Gasteiger partial charge in [-0.3, -0.25) is 4.79 Å². The van der Waals surface area contributed by atoms with Crippen molar-refractivity contribution in [1.29, 1.82) is 0 Å². The monoisotopic (exact) mass is 428 g/mol. The molecule has 1 aromatic rings. The third kappa shape index (κ3) is 4.41. The highest BCUT2D eigenvalue weighted by molar-refractivity contribution is 7.92. The molecule has 0 spiro atoms. The van der Waals surface area contributed by atoms with Gasteiger partial charge in [-0.2, -0.15) is 4.31 Å². The van der Waals surface area contributed by atoms with Crippen LogP contribution in [-0.4, -0.2) is 50.6 Å². The molecule has 1 aromatic carbocycles. The number of rotatable bonds is 7. The number of sulfone groups is 1. The van der Waals surface area contributed by atoms with E-state index < -0.39 is 31.8 Å². The van der Waals surface area contributed by atoms with Crippen LogP contribution in [-0.2, 0) is 24.7 Å². The third-order valence-electron chi connectivity index (χ3n) is 5.50. The van der Waals surface area contributed by atoms with Crippen molar-refractivity contribution in [2.45, 2.75) is 68.1 Å². The summed E-state index contributed by atoms with van der Waals surface area (Å²) in [6, 6.07) is 5.53. The lowest BCUT2D eigenvalue weighted by molar-refractivity contribution is -0.119. The van der Waals surface area contributed by atoms with Crippen LogP contribution in [0, 0.1) is 0 Å². The van der Waals surface area contributed by atoms with Crippen molar-refractivity contribution in [2.75, 3.05) is 17.6 Å². The van der Waals surface area contributed by atoms with Crippen LogP contribution >= 0.6 is 0 Å². The predicted molar refractivity (Wildman–Crippen MR) is 108 cm³/mol. The minimum Gasteiger partial charge on any atom is -0.325 e. The summed E-state index contributed by atoms with van der Waals surface area (Å²) in [5, 5.41) is 2.36. The first kappa shape index (κ1) is 21.3. The van der Waals surface area contributed by atoms with Crippen LogP contribution in [0.3, 0.4) is 0 Å². The van der Waals surface area contributed by atoms with Crippen molar-refractivity contribution in [3.05, 3.63) is 24.3 Å². The zero-order chi connectivity index (χ0) is 20.4. The van der Waals surface area contributed by atoms with Crippen LogP contribution in [0.15, 0.2) is 29.2 Å². The molecule has 9 heteroatoms. The third-order valence-corrected chi connectivity index (χ3v) is 9.83. The van der Waals surface area contributed by atoms with E-state index in [4.69, 9.17) is 0 Å². The van der Waals surface area contributed by atoms with Gasteiger partial charge in [0.1, 0.15) is 6.04 Å². The number of benzene rings is 1. The highest BCUT2D eigenvalue weighted by Crippen LogP contribution is 2.31. The van der Waals surface area contributed by atoms with E-state index in [1.54, 1.807) is 25.1 Å². The van der Waals surface area contributed by atoms with Gasteiger partial charge in [-0.25, -0.2) is 16.8 Å². The fraction of sp³-hybridized carbons (Fsp3) is 0.632. The molecule has 3 rings (SSSR count). The topological polar surface area (TPSA) is 101 Å². The second-order valence-corrected chi connectivity index (χ2v) is 11.8. The molecule has 1 N–H and O–H groups in total. The summed E-state index contributed by atoms with van der Waals surface area (Å²) in [4.78, 5) is 12.9. The maximum Gasteiger partial charge on any atom is 0.242 e. The van der Waals surface area contributed by atoms with E-state index in [2.05, 4.69) is 5.32 Å². The van der Waals surface area contributed by atoms with Gasteiger partial charge in [0.15, 0.2) is 9.84 Å². The number of carbonyl (C=O) groups excluding carboxylic acids is 1. The second kappa shape index (κ2) is 8.51. The molecule has 1 saturated heterocycles. The Kier molecular flexibility index (Phi) is 6.46. The molecule has 156 valence electrons. The molecule has 1 unspecified atom stereocenters. The van der Waals surface area contributed by atoms with E-state index in [0.717, 1.165) is 12.8 Å². The number of hydrogen-bond acceptors (Lipinski definition) is 5. The summed E-state index contributed by atoms with van der Waals surface area (Å²) in [5.74, 6) is -0.390. The lowest BCUT2D eigenvalue weighted by atomic mass is 10.2. The first-order chi connectivity index (χ1) is 13.3. The van der Waals surface area contributed by atoms with Crippen LogP contribution in [0.5, 0.6) is 0 Å². The van der Waals surface area contributed by atoms with E-state index in [-0.39, 0.29) is 15.9 Å². The minimum absolute atomic E-state index is 0.0197. The van der Waals surface area contributed by atoms with Crippen LogP contribution in [0.4, 0.5) is 5.69 Å². The molecule has 2 aliphatic rings. The molecule has 0 radical (unpaired) electrons. The summed E-state index contributed by atoms with van der Waals surface area (Å²) in [7, 11) is -6.88. The molecule has 1 saturated carbocycles. The fourth-order valence-corrected chi connectivity index (χ4v) is 7.72. The van der Waals surface area contributed by atoms with Crippen molar-refractivity contribution in [3.63, 3.8) is 0 Å². The zero-order valence-corrected chi connectivity index (χ0v) is 17.8. The first-order valence-electron chi connectivity index (χ1n) is 9.90. The minimum atomic E-state index is -3.46. The summed E-state index contributed by atoms with van der Waals surface area (Å²) in [5.41, 5.74) is 0.379. The quantitative estimate of drug-likeness (QED) is 0.719. The number of sulfonamides is 1. The predicted octanol–water partition coefficient (Wildman–Crippen LogP) is 2.55. The lowest BCUT2D eigenvalue weighted by Gasteiger charge is -2.23. The summed E-state index contributed by atoms with van der Waals surface area (Å²) in [6.45, 7) is 2.13. The van der Waals surface area contributed by atoms with Crippen LogP contribution in [0.25, 0.3) is 0 Å². The molecule has 2 fully saturated rings. The van der Waals surface area contributed by atoms with Gasteiger partial charge in [0.25, 0.3) is 0 Å². The Bertz CT molecular complexity index is 921. The molecular weight excluding hydrogens is 400 g/mol. The van der Waals surface area contributed by atoms with Crippen LogP contribution < -0.4 is 5.32 Å². The molecular formula is C19H28N2O5S2. The molecule has 0 bridgehead atoms. The lowest BCUT2D eigenvalue weighted by Crippen LogP contribution is -2.44. The van der Waals surface area contributed by atoms with Crippen molar-refractivity contribution in [2.24, 2.45) is 0 Å². The van der Waals surface area contributed by atoms with Gasteiger partial charge < -0.3 is 5.32 Å². The van der Waals surface area contributed by atoms with Gasteiger partial charge in [0.2, 0.25) is 15.9 Å². The summed E-state index contributed by atoms with van der Waals surface area (Å²) < 4.78 is 51.6. The average molecular weight is 429 g/mol. The number of anilines is 1.